The summed E-state index contributed by atoms with van der Waals surface area (Å²) in [6.45, 7) is 5.38. The quantitative estimate of drug-likeness (QED) is 0.891. The van der Waals surface area contributed by atoms with E-state index in [1.807, 2.05) is 44.2 Å². The Labute approximate surface area is 109 Å². The van der Waals surface area contributed by atoms with Crippen LogP contribution in [0.5, 0.6) is 0 Å². The summed E-state index contributed by atoms with van der Waals surface area (Å²) < 4.78 is 5.63. The zero-order valence-corrected chi connectivity index (χ0v) is 11.1. The largest absolute Gasteiger partial charge is 0.376 e. The van der Waals surface area contributed by atoms with Gasteiger partial charge in [-0.25, -0.2) is 0 Å². The number of hydrogen-bond donors (Lipinski definition) is 1. The number of carbonyl (C=O) groups excluding carboxylic acids is 1. The number of benzene rings is 1. The normalized spacial score (nSPS) is 22.4. The molecule has 1 aliphatic heterocycles. The molecule has 1 heterocycles. The van der Waals surface area contributed by atoms with Gasteiger partial charge in [0.15, 0.2) is 0 Å². The van der Waals surface area contributed by atoms with Gasteiger partial charge in [0.2, 0.25) is 5.91 Å². The summed E-state index contributed by atoms with van der Waals surface area (Å²) in [4.78, 5) is 12.1. The maximum Gasteiger partial charge on any atom is 0.223 e. The molecule has 1 aromatic carbocycles. The molecule has 0 unspecified atom stereocenters. The summed E-state index contributed by atoms with van der Waals surface area (Å²) in [7, 11) is 0. The Morgan fingerprint density at radius 2 is 2.11 bits per heavy atom. The van der Waals surface area contributed by atoms with Gasteiger partial charge in [0.05, 0.1) is 5.60 Å². The van der Waals surface area contributed by atoms with Crippen LogP contribution in [0, 0.1) is 5.92 Å². The first-order chi connectivity index (χ1) is 8.57. The molecule has 18 heavy (non-hydrogen) atoms. The molecular formula is C15H21NO2. The lowest BCUT2D eigenvalue weighted by molar-refractivity contribution is -0.135. The first kappa shape index (κ1) is 13.1. The van der Waals surface area contributed by atoms with Crippen molar-refractivity contribution in [3.8, 4) is 0 Å². The third kappa shape index (κ3) is 3.57. The fraction of sp³-hybridized carbons (Fsp3) is 0.533. The van der Waals surface area contributed by atoms with Gasteiger partial charge in [-0.3, -0.25) is 4.79 Å². The van der Waals surface area contributed by atoms with Gasteiger partial charge < -0.3 is 10.1 Å². The topological polar surface area (TPSA) is 38.3 Å². The minimum Gasteiger partial charge on any atom is -0.376 e. The summed E-state index contributed by atoms with van der Waals surface area (Å²) in [5.41, 5.74) is 0.963. The fourth-order valence-electron chi connectivity index (χ4n) is 2.39. The molecule has 1 aliphatic rings. The SMILES string of the molecule is CC1(C)C[C@H](C(=O)NCc2ccccc2)CCO1. The van der Waals surface area contributed by atoms with Crippen LogP contribution in [0.15, 0.2) is 30.3 Å². The highest BCUT2D eigenvalue weighted by Gasteiger charge is 2.32. The molecule has 1 fully saturated rings. The Balaban J connectivity index is 1.85. The molecule has 2 rings (SSSR count). The van der Waals surface area contributed by atoms with E-state index in [9.17, 15) is 4.79 Å². The van der Waals surface area contributed by atoms with E-state index < -0.39 is 0 Å². The molecule has 0 saturated carbocycles. The van der Waals surface area contributed by atoms with Crippen molar-refractivity contribution in [3.05, 3.63) is 35.9 Å². The van der Waals surface area contributed by atoms with Gasteiger partial charge >= 0.3 is 0 Å². The van der Waals surface area contributed by atoms with Crippen molar-refractivity contribution in [2.75, 3.05) is 6.61 Å². The van der Waals surface area contributed by atoms with Crippen LogP contribution in [0.1, 0.15) is 32.3 Å². The minimum atomic E-state index is -0.174. The molecule has 1 amide bonds. The van der Waals surface area contributed by atoms with E-state index in [4.69, 9.17) is 4.74 Å². The standard InChI is InChI=1S/C15H21NO2/c1-15(2)10-13(8-9-18-15)14(17)16-11-12-6-4-3-5-7-12/h3-7,13H,8-11H2,1-2H3,(H,16,17)/t13-/m1/s1. The lowest BCUT2D eigenvalue weighted by Crippen LogP contribution is -2.41. The van der Waals surface area contributed by atoms with Crippen molar-refractivity contribution >= 4 is 5.91 Å². The van der Waals surface area contributed by atoms with Gasteiger partial charge in [-0.05, 0) is 32.3 Å². The number of hydrogen-bond acceptors (Lipinski definition) is 2. The van der Waals surface area contributed by atoms with E-state index in [1.165, 1.54) is 0 Å². The van der Waals surface area contributed by atoms with Gasteiger partial charge in [0.25, 0.3) is 0 Å². The van der Waals surface area contributed by atoms with Crippen LogP contribution < -0.4 is 5.32 Å². The summed E-state index contributed by atoms with van der Waals surface area (Å²) in [6.07, 6.45) is 1.62. The van der Waals surface area contributed by atoms with Crippen LogP contribution in [-0.4, -0.2) is 18.1 Å². The van der Waals surface area contributed by atoms with E-state index in [2.05, 4.69) is 5.32 Å². The minimum absolute atomic E-state index is 0.0810. The second-order valence-corrected chi connectivity index (χ2v) is 5.50. The van der Waals surface area contributed by atoms with Gasteiger partial charge in [-0.1, -0.05) is 30.3 Å². The monoisotopic (exact) mass is 247 g/mol. The van der Waals surface area contributed by atoms with Gasteiger partial charge in [-0.15, -0.1) is 0 Å². The highest BCUT2D eigenvalue weighted by atomic mass is 16.5. The highest BCUT2D eigenvalue weighted by molar-refractivity contribution is 5.78. The van der Waals surface area contributed by atoms with E-state index in [0.29, 0.717) is 13.2 Å². The lowest BCUT2D eigenvalue weighted by Gasteiger charge is -2.34. The van der Waals surface area contributed by atoms with Crippen LogP contribution in [0.25, 0.3) is 0 Å². The third-order valence-corrected chi connectivity index (χ3v) is 3.38. The lowest BCUT2D eigenvalue weighted by atomic mass is 9.88. The number of carbonyl (C=O) groups is 1. The molecule has 0 bridgehead atoms. The van der Waals surface area contributed by atoms with Crippen molar-refractivity contribution in [1.82, 2.24) is 5.32 Å². The summed E-state index contributed by atoms with van der Waals surface area (Å²) >= 11 is 0. The molecule has 98 valence electrons. The maximum absolute atomic E-state index is 12.1. The van der Waals surface area contributed by atoms with Crippen LogP contribution >= 0.6 is 0 Å². The number of nitrogens with one attached hydrogen (secondary N) is 1. The summed E-state index contributed by atoms with van der Waals surface area (Å²) in [6, 6.07) is 9.99. The molecule has 0 aliphatic carbocycles. The van der Waals surface area contributed by atoms with Gasteiger partial charge in [-0.2, -0.15) is 0 Å². The molecule has 1 N–H and O–H groups in total. The van der Waals surface area contributed by atoms with Crippen LogP contribution in [0.4, 0.5) is 0 Å². The Hall–Kier alpha value is -1.35. The molecule has 0 radical (unpaired) electrons. The molecule has 3 heteroatoms. The Bertz CT molecular complexity index is 400. The second kappa shape index (κ2) is 5.53. The zero-order valence-electron chi connectivity index (χ0n) is 11.1. The van der Waals surface area contributed by atoms with E-state index in [1.54, 1.807) is 0 Å². The average Bonchev–Trinajstić information content (AvgIpc) is 2.36. The number of amides is 1. The summed E-state index contributed by atoms with van der Waals surface area (Å²) in [5.74, 6) is 0.229. The zero-order chi connectivity index (χ0) is 13.0. The molecule has 0 spiro atoms. The molecule has 1 saturated heterocycles. The number of rotatable bonds is 3. The van der Waals surface area contributed by atoms with Crippen molar-refractivity contribution in [2.24, 2.45) is 5.92 Å². The van der Waals surface area contributed by atoms with E-state index >= 15 is 0 Å². The highest BCUT2D eigenvalue weighted by Crippen LogP contribution is 2.28. The predicted molar refractivity (Wildman–Crippen MR) is 71.0 cm³/mol. The number of ether oxygens (including phenoxy) is 1. The Kier molecular flexibility index (Phi) is 4.02. The van der Waals surface area contributed by atoms with Crippen LogP contribution in [0.3, 0.4) is 0 Å². The molecule has 1 atom stereocenters. The van der Waals surface area contributed by atoms with E-state index in [0.717, 1.165) is 18.4 Å². The first-order valence-corrected chi connectivity index (χ1v) is 6.52. The van der Waals surface area contributed by atoms with Crippen molar-refractivity contribution in [3.63, 3.8) is 0 Å². The fourth-order valence-corrected chi connectivity index (χ4v) is 2.39. The smallest absolute Gasteiger partial charge is 0.223 e. The molecule has 1 aromatic rings. The molecular weight excluding hydrogens is 226 g/mol. The third-order valence-electron chi connectivity index (χ3n) is 3.38. The Morgan fingerprint density at radius 1 is 1.39 bits per heavy atom. The van der Waals surface area contributed by atoms with Crippen LogP contribution in [-0.2, 0) is 16.1 Å². The van der Waals surface area contributed by atoms with Crippen molar-refractivity contribution < 1.29 is 9.53 Å². The van der Waals surface area contributed by atoms with Gasteiger partial charge in [0, 0.05) is 19.1 Å². The maximum atomic E-state index is 12.1. The molecule has 0 aromatic heterocycles. The van der Waals surface area contributed by atoms with Crippen molar-refractivity contribution in [2.45, 2.75) is 38.8 Å². The first-order valence-electron chi connectivity index (χ1n) is 6.52. The van der Waals surface area contributed by atoms with Gasteiger partial charge in [0.1, 0.15) is 0 Å². The summed E-state index contributed by atoms with van der Waals surface area (Å²) in [5, 5.41) is 3.01. The average molecular weight is 247 g/mol. The van der Waals surface area contributed by atoms with E-state index in [-0.39, 0.29) is 17.4 Å². The second-order valence-electron chi connectivity index (χ2n) is 5.50. The molecule has 3 nitrogen and oxygen atoms in total. The predicted octanol–water partition coefficient (Wildman–Crippen LogP) is 2.51. The Morgan fingerprint density at radius 3 is 2.78 bits per heavy atom. The van der Waals surface area contributed by atoms with Crippen molar-refractivity contribution in [1.29, 1.82) is 0 Å². The van der Waals surface area contributed by atoms with Crippen LogP contribution in [0.2, 0.25) is 0 Å².